The first-order valence-corrected chi connectivity index (χ1v) is 9.60. The van der Waals surface area contributed by atoms with E-state index in [-0.39, 0.29) is 4.90 Å². The molecule has 0 unspecified atom stereocenters. The van der Waals surface area contributed by atoms with Crippen molar-refractivity contribution in [2.45, 2.75) is 4.90 Å². The number of nitrogens with two attached hydrogens (primary N) is 1. The van der Waals surface area contributed by atoms with Gasteiger partial charge in [-0.2, -0.15) is 0 Å². The molecule has 1 aliphatic rings. The Bertz CT molecular complexity index is 834. The standard InChI is InChI=1S/C15H18N6O2S2/c16-25(22,23)13-4-2-12(3-5-13)19-15(24)21-10-8-20(9-11-21)14-17-6-1-7-18-14/h1-7H,8-11H2,(H,19,24)(H2,16,22,23). The Balaban J connectivity index is 1.56. The van der Waals surface area contributed by atoms with Crippen molar-refractivity contribution < 1.29 is 8.42 Å². The van der Waals surface area contributed by atoms with Gasteiger partial charge < -0.3 is 15.1 Å². The molecule has 10 heteroatoms. The Morgan fingerprint density at radius 1 is 1.08 bits per heavy atom. The number of thiocarbonyl (C=S) groups is 1. The summed E-state index contributed by atoms with van der Waals surface area (Å²) < 4.78 is 22.5. The third kappa shape index (κ3) is 4.41. The van der Waals surface area contributed by atoms with Crippen molar-refractivity contribution in [1.82, 2.24) is 14.9 Å². The van der Waals surface area contributed by atoms with Crippen molar-refractivity contribution in [2.24, 2.45) is 5.14 Å². The SMILES string of the molecule is NS(=O)(=O)c1ccc(NC(=S)N2CCN(c3ncccn3)CC2)cc1. The van der Waals surface area contributed by atoms with Crippen LogP contribution in [0.5, 0.6) is 0 Å². The molecule has 0 spiro atoms. The second kappa shape index (κ2) is 7.30. The minimum Gasteiger partial charge on any atom is -0.345 e. The monoisotopic (exact) mass is 378 g/mol. The highest BCUT2D eigenvalue weighted by Crippen LogP contribution is 2.15. The van der Waals surface area contributed by atoms with E-state index in [0.29, 0.717) is 10.8 Å². The van der Waals surface area contributed by atoms with Crippen LogP contribution >= 0.6 is 12.2 Å². The number of rotatable bonds is 3. The summed E-state index contributed by atoms with van der Waals surface area (Å²) in [6, 6.07) is 7.97. The average Bonchev–Trinajstić information content (AvgIpc) is 2.62. The largest absolute Gasteiger partial charge is 0.345 e. The molecule has 0 aliphatic carbocycles. The number of sulfonamides is 1. The Morgan fingerprint density at radius 2 is 1.68 bits per heavy atom. The van der Waals surface area contributed by atoms with Gasteiger partial charge in [0.15, 0.2) is 5.11 Å². The van der Waals surface area contributed by atoms with Crippen LogP contribution in [0, 0.1) is 0 Å². The molecule has 0 radical (unpaired) electrons. The van der Waals surface area contributed by atoms with E-state index >= 15 is 0 Å². The summed E-state index contributed by atoms with van der Waals surface area (Å²) in [5.74, 6) is 0.722. The maximum absolute atomic E-state index is 11.3. The van der Waals surface area contributed by atoms with Gasteiger partial charge in [-0.25, -0.2) is 23.5 Å². The van der Waals surface area contributed by atoms with Gasteiger partial charge in [0.05, 0.1) is 4.90 Å². The number of hydrogen-bond acceptors (Lipinski definition) is 6. The van der Waals surface area contributed by atoms with Crippen molar-refractivity contribution in [2.75, 3.05) is 36.4 Å². The molecule has 0 bridgehead atoms. The first-order valence-electron chi connectivity index (χ1n) is 7.64. The van der Waals surface area contributed by atoms with E-state index in [0.717, 1.165) is 32.1 Å². The van der Waals surface area contributed by atoms with Gasteiger partial charge in [0.2, 0.25) is 16.0 Å². The van der Waals surface area contributed by atoms with E-state index in [1.165, 1.54) is 12.1 Å². The lowest BCUT2D eigenvalue weighted by Gasteiger charge is -2.36. The lowest BCUT2D eigenvalue weighted by Crippen LogP contribution is -2.50. The summed E-state index contributed by atoms with van der Waals surface area (Å²) in [6.45, 7) is 3.05. The van der Waals surface area contributed by atoms with E-state index in [1.807, 2.05) is 0 Å². The van der Waals surface area contributed by atoms with Crippen LogP contribution in [-0.2, 0) is 10.0 Å². The van der Waals surface area contributed by atoms with Gasteiger partial charge in [0.1, 0.15) is 0 Å². The molecular weight excluding hydrogens is 360 g/mol. The maximum Gasteiger partial charge on any atom is 0.238 e. The van der Waals surface area contributed by atoms with Gasteiger partial charge in [0, 0.05) is 44.3 Å². The lowest BCUT2D eigenvalue weighted by molar-refractivity contribution is 0.388. The van der Waals surface area contributed by atoms with Crippen molar-refractivity contribution in [3.05, 3.63) is 42.7 Å². The summed E-state index contributed by atoms with van der Waals surface area (Å²) in [5, 5.41) is 8.80. The smallest absolute Gasteiger partial charge is 0.238 e. The van der Waals surface area contributed by atoms with Crippen LogP contribution in [-0.4, -0.2) is 54.6 Å². The summed E-state index contributed by atoms with van der Waals surface area (Å²) in [4.78, 5) is 12.8. The summed E-state index contributed by atoms with van der Waals surface area (Å²) in [5.41, 5.74) is 0.714. The summed E-state index contributed by atoms with van der Waals surface area (Å²) in [7, 11) is -3.69. The molecular formula is C15H18N6O2S2. The van der Waals surface area contributed by atoms with Crippen LogP contribution in [0.1, 0.15) is 0 Å². The van der Waals surface area contributed by atoms with Crippen LogP contribution < -0.4 is 15.4 Å². The number of benzene rings is 1. The molecule has 0 atom stereocenters. The third-order valence-corrected chi connectivity index (χ3v) is 5.13. The summed E-state index contributed by atoms with van der Waals surface area (Å²) in [6.07, 6.45) is 3.46. The fourth-order valence-corrected chi connectivity index (χ4v) is 3.31. The van der Waals surface area contributed by atoms with E-state index in [9.17, 15) is 8.42 Å². The number of anilines is 2. The minimum atomic E-state index is -3.69. The molecule has 0 saturated carbocycles. The number of nitrogens with zero attached hydrogens (tertiary/aromatic N) is 4. The molecule has 1 aromatic heterocycles. The van der Waals surface area contributed by atoms with Gasteiger partial charge in [0.25, 0.3) is 0 Å². The predicted molar refractivity (Wildman–Crippen MR) is 99.9 cm³/mol. The van der Waals surface area contributed by atoms with E-state index in [1.54, 1.807) is 30.6 Å². The molecule has 1 aromatic carbocycles. The molecule has 0 amide bonds. The Labute approximate surface area is 151 Å². The second-order valence-electron chi connectivity index (χ2n) is 5.52. The fraction of sp³-hybridized carbons (Fsp3) is 0.267. The lowest BCUT2D eigenvalue weighted by atomic mass is 10.3. The first kappa shape index (κ1) is 17.5. The second-order valence-corrected chi connectivity index (χ2v) is 7.47. The third-order valence-electron chi connectivity index (χ3n) is 3.84. The molecule has 8 nitrogen and oxygen atoms in total. The fourth-order valence-electron chi connectivity index (χ4n) is 2.49. The van der Waals surface area contributed by atoms with Crippen LogP contribution in [0.4, 0.5) is 11.6 Å². The number of primary sulfonamides is 1. The van der Waals surface area contributed by atoms with Crippen molar-refractivity contribution in [1.29, 1.82) is 0 Å². The molecule has 3 N–H and O–H groups in total. The van der Waals surface area contributed by atoms with Crippen LogP contribution in [0.15, 0.2) is 47.6 Å². The zero-order valence-corrected chi connectivity index (χ0v) is 15.0. The van der Waals surface area contributed by atoms with E-state index in [2.05, 4.69) is 25.1 Å². The van der Waals surface area contributed by atoms with Crippen molar-refractivity contribution >= 4 is 39.0 Å². The van der Waals surface area contributed by atoms with Crippen LogP contribution in [0.25, 0.3) is 0 Å². The Hall–Kier alpha value is -2.30. The van der Waals surface area contributed by atoms with Crippen LogP contribution in [0.2, 0.25) is 0 Å². The van der Waals surface area contributed by atoms with Gasteiger partial charge in [-0.05, 0) is 42.5 Å². The highest BCUT2D eigenvalue weighted by molar-refractivity contribution is 7.89. The van der Waals surface area contributed by atoms with Crippen molar-refractivity contribution in [3.8, 4) is 0 Å². The molecule has 1 saturated heterocycles. The molecule has 1 aliphatic heterocycles. The molecule has 2 heterocycles. The predicted octanol–water partition coefficient (Wildman–Crippen LogP) is 0.643. The first-order chi connectivity index (χ1) is 11.9. The van der Waals surface area contributed by atoms with Crippen molar-refractivity contribution in [3.63, 3.8) is 0 Å². The van der Waals surface area contributed by atoms with Gasteiger partial charge in [-0.1, -0.05) is 0 Å². The average molecular weight is 378 g/mol. The van der Waals surface area contributed by atoms with Gasteiger partial charge >= 0.3 is 0 Å². The van der Waals surface area contributed by atoms with Gasteiger partial charge in [-0.3, -0.25) is 0 Å². The molecule has 2 aromatic rings. The zero-order chi connectivity index (χ0) is 17.9. The number of nitrogens with one attached hydrogen (secondary N) is 1. The normalized spacial score (nSPS) is 15.1. The zero-order valence-electron chi connectivity index (χ0n) is 13.4. The number of hydrogen-bond donors (Lipinski definition) is 2. The highest BCUT2D eigenvalue weighted by Gasteiger charge is 2.20. The molecule has 3 rings (SSSR count). The number of aromatic nitrogens is 2. The molecule has 25 heavy (non-hydrogen) atoms. The Kier molecular flexibility index (Phi) is 5.11. The van der Waals surface area contributed by atoms with E-state index in [4.69, 9.17) is 17.4 Å². The van der Waals surface area contributed by atoms with Gasteiger partial charge in [-0.15, -0.1) is 0 Å². The highest BCUT2D eigenvalue weighted by atomic mass is 32.2. The maximum atomic E-state index is 11.3. The van der Waals surface area contributed by atoms with Crippen LogP contribution in [0.3, 0.4) is 0 Å². The molecule has 132 valence electrons. The summed E-state index contributed by atoms with van der Waals surface area (Å²) >= 11 is 5.44. The quantitative estimate of drug-likeness (QED) is 0.750. The topological polar surface area (TPSA) is 104 Å². The molecule has 1 fully saturated rings. The minimum absolute atomic E-state index is 0.0699. The number of piperazine rings is 1. The Morgan fingerprint density at radius 3 is 2.24 bits per heavy atom. The van der Waals surface area contributed by atoms with E-state index < -0.39 is 10.0 Å².